The van der Waals surface area contributed by atoms with Gasteiger partial charge in [0.2, 0.25) is 0 Å². The third-order valence-corrected chi connectivity index (χ3v) is 3.85. The smallest absolute Gasteiger partial charge is 0.197 e. The number of hydrogen-bond donors (Lipinski definition) is 0. The van der Waals surface area contributed by atoms with Crippen molar-refractivity contribution in [3.05, 3.63) is 69.9 Å². The van der Waals surface area contributed by atoms with Gasteiger partial charge in [0.15, 0.2) is 5.78 Å². The molecule has 0 amide bonds. The van der Waals surface area contributed by atoms with Gasteiger partial charge in [-0.05, 0) is 30.3 Å². The number of rotatable bonds is 3. The van der Waals surface area contributed by atoms with Gasteiger partial charge in [0.05, 0.1) is 5.56 Å². The fourth-order valence-corrected chi connectivity index (χ4v) is 2.60. The molecule has 2 nitrogen and oxygen atoms in total. The number of ketones is 1. The van der Waals surface area contributed by atoms with Crippen LogP contribution in [0.15, 0.2) is 57.4 Å². The minimum atomic E-state index is 0.0132. The Kier molecular flexibility index (Phi) is 3.45. The number of halogens is 1. The Hall–Kier alpha value is -1.87. The average Bonchev–Trinajstić information content (AvgIpc) is 2.85. The van der Waals surface area contributed by atoms with Gasteiger partial charge >= 0.3 is 0 Å². The van der Waals surface area contributed by atoms with Gasteiger partial charge in [-0.3, -0.25) is 4.79 Å². The lowest BCUT2D eigenvalue weighted by molar-refractivity contribution is 0.103. The van der Waals surface area contributed by atoms with E-state index >= 15 is 0 Å². The van der Waals surface area contributed by atoms with E-state index in [1.807, 2.05) is 55.5 Å². The second kappa shape index (κ2) is 5.25. The maximum absolute atomic E-state index is 12.7. The van der Waals surface area contributed by atoms with E-state index in [9.17, 15) is 4.79 Å². The Balaban J connectivity index is 2.17. The summed E-state index contributed by atoms with van der Waals surface area (Å²) in [5.74, 6) is 0.762. The molecule has 3 rings (SSSR count). The van der Waals surface area contributed by atoms with Crippen molar-refractivity contribution in [3.63, 3.8) is 0 Å². The maximum Gasteiger partial charge on any atom is 0.197 e. The van der Waals surface area contributed by atoms with Crippen LogP contribution >= 0.6 is 15.9 Å². The van der Waals surface area contributed by atoms with Crippen LogP contribution in [0.1, 0.15) is 28.6 Å². The minimum absolute atomic E-state index is 0.0132. The fraction of sp³-hybridized carbons (Fsp3) is 0.118. The van der Waals surface area contributed by atoms with Gasteiger partial charge in [0.1, 0.15) is 11.3 Å². The van der Waals surface area contributed by atoms with Crippen molar-refractivity contribution in [2.45, 2.75) is 13.3 Å². The van der Waals surface area contributed by atoms with E-state index in [0.29, 0.717) is 17.5 Å². The first kappa shape index (κ1) is 13.1. The molecule has 0 radical (unpaired) electrons. The van der Waals surface area contributed by atoms with E-state index in [0.717, 1.165) is 21.2 Å². The van der Waals surface area contributed by atoms with Crippen molar-refractivity contribution in [1.29, 1.82) is 0 Å². The van der Waals surface area contributed by atoms with Crippen LogP contribution in [0.3, 0.4) is 0 Å². The van der Waals surface area contributed by atoms with E-state index in [1.165, 1.54) is 0 Å². The summed E-state index contributed by atoms with van der Waals surface area (Å²) in [4.78, 5) is 12.7. The third-order valence-electron chi connectivity index (χ3n) is 3.32. The summed E-state index contributed by atoms with van der Waals surface area (Å²) in [6, 6.07) is 15.1. The number of furan rings is 1. The normalized spacial score (nSPS) is 10.9. The second-order valence-corrected chi connectivity index (χ2v) is 5.50. The lowest BCUT2D eigenvalue weighted by Gasteiger charge is -2.02. The highest BCUT2D eigenvalue weighted by Crippen LogP contribution is 2.28. The van der Waals surface area contributed by atoms with Gasteiger partial charge in [0, 0.05) is 21.8 Å². The van der Waals surface area contributed by atoms with Crippen molar-refractivity contribution < 1.29 is 9.21 Å². The van der Waals surface area contributed by atoms with Gasteiger partial charge < -0.3 is 4.42 Å². The van der Waals surface area contributed by atoms with Crippen LogP contribution in [0.25, 0.3) is 11.0 Å². The summed E-state index contributed by atoms with van der Waals surface area (Å²) in [7, 11) is 0. The molecule has 0 fully saturated rings. The molecule has 100 valence electrons. The highest BCUT2D eigenvalue weighted by Gasteiger charge is 2.20. The largest absolute Gasteiger partial charge is 0.460 e. The lowest BCUT2D eigenvalue weighted by Crippen LogP contribution is -2.03. The predicted octanol–water partition coefficient (Wildman–Crippen LogP) is 4.99. The molecule has 0 aliphatic carbocycles. The number of aryl methyl sites for hydroxylation is 1. The summed E-state index contributed by atoms with van der Waals surface area (Å²) in [5, 5.41) is 0.886. The zero-order chi connectivity index (χ0) is 14.1. The molecule has 0 saturated heterocycles. The molecule has 0 aliphatic rings. The van der Waals surface area contributed by atoms with Gasteiger partial charge in [-0.2, -0.15) is 0 Å². The molecule has 0 N–H and O–H groups in total. The number of carbonyl (C=O) groups excluding carboxylic acids is 1. The molecule has 2 aromatic carbocycles. The molecule has 0 bridgehead atoms. The van der Waals surface area contributed by atoms with Crippen molar-refractivity contribution in [3.8, 4) is 0 Å². The van der Waals surface area contributed by atoms with E-state index in [4.69, 9.17) is 4.42 Å². The zero-order valence-corrected chi connectivity index (χ0v) is 12.6. The maximum atomic E-state index is 12.7. The number of hydrogen-bond acceptors (Lipinski definition) is 2. The molecule has 20 heavy (non-hydrogen) atoms. The topological polar surface area (TPSA) is 30.2 Å². The molecular weight excluding hydrogens is 316 g/mol. The number of fused-ring (bicyclic) bond motifs is 1. The molecule has 3 heteroatoms. The summed E-state index contributed by atoms with van der Waals surface area (Å²) < 4.78 is 6.74. The molecule has 0 unspecified atom stereocenters. The molecule has 3 aromatic rings. The van der Waals surface area contributed by atoms with Crippen molar-refractivity contribution in [1.82, 2.24) is 0 Å². The summed E-state index contributed by atoms with van der Waals surface area (Å²) in [6.45, 7) is 2.00. The van der Waals surface area contributed by atoms with Crippen LogP contribution in [-0.4, -0.2) is 5.78 Å². The third kappa shape index (κ3) is 2.18. The summed E-state index contributed by atoms with van der Waals surface area (Å²) in [5.41, 5.74) is 2.13. The SMILES string of the molecule is CCc1oc2ccccc2c1C(=O)c1ccc(Br)cc1. The van der Waals surface area contributed by atoms with E-state index in [-0.39, 0.29) is 5.78 Å². The van der Waals surface area contributed by atoms with Crippen LogP contribution in [0.2, 0.25) is 0 Å². The van der Waals surface area contributed by atoms with Crippen molar-refractivity contribution in [2.75, 3.05) is 0 Å². The van der Waals surface area contributed by atoms with Gasteiger partial charge in [0.25, 0.3) is 0 Å². The molecule has 0 aliphatic heterocycles. The zero-order valence-electron chi connectivity index (χ0n) is 11.0. The van der Waals surface area contributed by atoms with Crippen LogP contribution < -0.4 is 0 Å². The molecular formula is C17H13BrO2. The quantitative estimate of drug-likeness (QED) is 0.634. The first-order valence-corrected chi connectivity index (χ1v) is 7.30. The van der Waals surface area contributed by atoms with Crippen LogP contribution in [0.5, 0.6) is 0 Å². The van der Waals surface area contributed by atoms with Crippen LogP contribution in [0.4, 0.5) is 0 Å². The first-order valence-electron chi connectivity index (χ1n) is 6.51. The Morgan fingerprint density at radius 2 is 1.80 bits per heavy atom. The van der Waals surface area contributed by atoms with Crippen molar-refractivity contribution >= 4 is 32.7 Å². The Morgan fingerprint density at radius 3 is 2.50 bits per heavy atom. The van der Waals surface area contributed by atoms with Gasteiger partial charge in [-0.1, -0.05) is 41.1 Å². The Bertz CT molecular complexity index is 769. The first-order chi connectivity index (χ1) is 9.70. The molecule has 1 aromatic heterocycles. The minimum Gasteiger partial charge on any atom is -0.460 e. The lowest BCUT2D eigenvalue weighted by atomic mass is 9.99. The van der Waals surface area contributed by atoms with Crippen LogP contribution in [-0.2, 0) is 6.42 Å². The highest BCUT2D eigenvalue weighted by molar-refractivity contribution is 9.10. The summed E-state index contributed by atoms with van der Waals surface area (Å²) >= 11 is 3.38. The monoisotopic (exact) mass is 328 g/mol. The Labute approximate surface area is 125 Å². The van der Waals surface area contributed by atoms with Crippen molar-refractivity contribution in [2.24, 2.45) is 0 Å². The van der Waals surface area contributed by atoms with Gasteiger partial charge in [-0.25, -0.2) is 0 Å². The van der Waals surface area contributed by atoms with E-state index in [1.54, 1.807) is 0 Å². The van der Waals surface area contributed by atoms with Gasteiger partial charge in [-0.15, -0.1) is 0 Å². The predicted molar refractivity (Wildman–Crippen MR) is 83.2 cm³/mol. The second-order valence-electron chi connectivity index (χ2n) is 4.59. The van der Waals surface area contributed by atoms with Crippen LogP contribution in [0, 0.1) is 0 Å². The standard InChI is InChI=1S/C17H13BrO2/c1-2-14-16(13-5-3-4-6-15(13)20-14)17(19)11-7-9-12(18)10-8-11/h3-10H,2H2,1H3. The number of benzene rings is 2. The highest BCUT2D eigenvalue weighted by atomic mass is 79.9. The molecule has 0 atom stereocenters. The molecule has 1 heterocycles. The number of para-hydroxylation sites is 1. The Morgan fingerprint density at radius 1 is 1.10 bits per heavy atom. The molecule has 0 spiro atoms. The van der Waals surface area contributed by atoms with E-state index in [2.05, 4.69) is 15.9 Å². The number of carbonyl (C=O) groups is 1. The fourth-order valence-electron chi connectivity index (χ4n) is 2.34. The average molecular weight is 329 g/mol. The summed E-state index contributed by atoms with van der Waals surface area (Å²) in [6.07, 6.45) is 0.701. The van der Waals surface area contributed by atoms with E-state index < -0.39 is 0 Å². The molecule has 0 saturated carbocycles.